The summed E-state index contributed by atoms with van der Waals surface area (Å²) in [5, 5.41) is 0. The van der Waals surface area contributed by atoms with Crippen LogP contribution in [-0.2, 0) is 16.1 Å². The molecule has 0 aromatic carbocycles. The van der Waals surface area contributed by atoms with Crippen molar-refractivity contribution in [1.82, 2.24) is 9.88 Å². The van der Waals surface area contributed by atoms with Crippen LogP contribution in [0.3, 0.4) is 0 Å². The van der Waals surface area contributed by atoms with E-state index < -0.39 is 0 Å². The van der Waals surface area contributed by atoms with Crippen LogP contribution in [0, 0.1) is 12.8 Å². The van der Waals surface area contributed by atoms with Gasteiger partial charge in [0, 0.05) is 25.6 Å². The van der Waals surface area contributed by atoms with E-state index in [0.29, 0.717) is 43.5 Å². The van der Waals surface area contributed by atoms with Crippen LogP contribution < -0.4 is 0 Å². The molecule has 26 heavy (non-hydrogen) atoms. The quantitative estimate of drug-likeness (QED) is 0.745. The molecule has 0 unspecified atom stereocenters. The van der Waals surface area contributed by atoms with E-state index in [9.17, 15) is 4.79 Å². The first kappa shape index (κ1) is 17.2. The standard InChI is InChI=1S/C20H24N2O4/c1-15-18(6-9-25-15)19(23)22-13-20(14-22)17(5-10-26-20)4-8-24-12-16-3-2-7-21-11-16/h2-3,6-7,9,11,17H,4-5,8,10,12-14H2,1H3/t17-/m0/s1. The number of likely N-dealkylation sites (tertiary alicyclic amines) is 1. The van der Waals surface area contributed by atoms with Crippen molar-refractivity contribution in [3.05, 3.63) is 53.7 Å². The second kappa shape index (κ2) is 7.21. The summed E-state index contributed by atoms with van der Waals surface area (Å²) in [5.74, 6) is 1.14. The number of carbonyl (C=O) groups is 1. The zero-order chi connectivity index (χ0) is 18.0. The van der Waals surface area contributed by atoms with E-state index >= 15 is 0 Å². The van der Waals surface area contributed by atoms with Gasteiger partial charge in [0.15, 0.2) is 0 Å². The summed E-state index contributed by atoms with van der Waals surface area (Å²) < 4.78 is 17.1. The monoisotopic (exact) mass is 356 g/mol. The molecule has 0 aliphatic carbocycles. The molecular formula is C20H24N2O4. The maximum atomic E-state index is 12.6. The van der Waals surface area contributed by atoms with Gasteiger partial charge in [-0.1, -0.05) is 6.07 Å². The van der Waals surface area contributed by atoms with Gasteiger partial charge < -0.3 is 18.8 Å². The van der Waals surface area contributed by atoms with Gasteiger partial charge in [0.25, 0.3) is 5.91 Å². The molecule has 1 atom stereocenters. The van der Waals surface area contributed by atoms with Gasteiger partial charge in [0.05, 0.1) is 31.5 Å². The maximum absolute atomic E-state index is 12.6. The lowest BCUT2D eigenvalue weighted by Crippen LogP contribution is -2.66. The van der Waals surface area contributed by atoms with E-state index in [1.807, 2.05) is 30.2 Å². The van der Waals surface area contributed by atoms with Crippen LogP contribution in [0.15, 0.2) is 41.3 Å². The van der Waals surface area contributed by atoms with Crippen molar-refractivity contribution in [2.24, 2.45) is 5.92 Å². The van der Waals surface area contributed by atoms with Crippen molar-refractivity contribution in [3.8, 4) is 0 Å². The third-order valence-corrected chi connectivity index (χ3v) is 5.50. The van der Waals surface area contributed by atoms with Crippen LogP contribution in [0.5, 0.6) is 0 Å². The van der Waals surface area contributed by atoms with Crippen molar-refractivity contribution in [2.75, 3.05) is 26.3 Å². The first-order valence-electron chi connectivity index (χ1n) is 9.12. The highest BCUT2D eigenvalue weighted by molar-refractivity contribution is 5.95. The molecule has 4 rings (SSSR count). The average Bonchev–Trinajstić information content (AvgIpc) is 3.24. The van der Waals surface area contributed by atoms with E-state index in [0.717, 1.165) is 25.0 Å². The Labute approximate surface area is 153 Å². The summed E-state index contributed by atoms with van der Waals surface area (Å²) in [6.07, 6.45) is 7.13. The molecule has 6 heteroatoms. The minimum Gasteiger partial charge on any atom is -0.469 e. The fourth-order valence-corrected chi connectivity index (χ4v) is 3.96. The smallest absolute Gasteiger partial charge is 0.257 e. The molecule has 1 spiro atoms. The Hall–Kier alpha value is -2.18. The Morgan fingerprint density at radius 3 is 3.04 bits per heavy atom. The van der Waals surface area contributed by atoms with Crippen LogP contribution >= 0.6 is 0 Å². The second-order valence-corrected chi connectivity index (χ2v) is 7.15. The zero-order valence-electron chi connectivity index (χ0n) is 15.0. The molecule has 2 saturated heterocycles. The summed E-state index contributed by atoms with van der Waals surface area (Å²) in [7, 11) is 0. The van der Waals surface area contributed by atoms with Crippen molar-refractivity contribution >= 4 is 5.91 Å². The number of nitrogens with zero attached hydrogens (tertiary/aromatic N) is 2. The number of amides is 1. The Morgan fingerprint density at radius 2 is 2.31 bits per heavy atom. The third-order valence-electron chi connectivity index (χ3n) is 5.50. The number of aryl methyl sites for hydroxylation is 1. The predicted octanol–water partition coefficient (Wildman–Crippen LogP) is 2.82. The molecule has 2 aliphatic rings. The molecule has 138 valence electrons. The van der Waals surface area contributed by atoms with Gasteiger partial charge in [-0.2, -0.15) is 0 Å². The molecule has 0 bridgehead atoms. The zero-order valence-corrected chi connectivity index (χ0v) is 15.0. The Morgan fingerprint density at radius 1 is 1.42 bits per heavy atom. The fraction of sp³-hybridized carbons (Fsp3) is 0.500. The molecule has 4 heterocycles. The van der Waals surface area contributed by atoms with E-state index in [1.54, 1.807) is 18.5 Å². The van der Waals surface area contributed by atoms with Gasteiger partial charge in [0.2, 0.25) is 0 Å². The lowest BCUT2D eigenvalue weighted by Gasteiger charge is -2.50. The number of rotatable bonds is 6. The molecule has 6 nitrogen and oxygen atoms in total. The average molecular weight is 356 g/mol. The van der Waals surface area contributed by atoms with E-state index in [-0.39, 0.29) is 11.5 Å². The van der Waals surface area contributed by atoms with E-state index in [2.05, 4.69) is 4.98 Å². The SMILES string of the molecule is Cc1occc1C(=O)N1CC2(C1)OCC[C@@H]2CCOCc1cccnc1. The van der Waals surface area contributed by atoms with Crippen LogP contribution in [0.2, 0.25) is 0 Å². The molecule has 0 saturated carbocycles. The lowest BCUT2D eigenvalue weighted by atomic mass is 9.79. The van der Waals surface area contributed by atoms with Crippen LogP contribution in [0.25, 0.3) is 0 Å². The Balaban J connectivity index is 1.26. The Kier molecular flexibility index (Phi) is 4.78. The van der Waals surface area contributed by atoms with Crippen LogP contribution in [-0.4, -0.2) is 47.7 Å². The summed E-state index contributed by atoms with van der Waals surface area (Å²) >= 11 is 0. The molecule has 0 N–H and O–H groups in total. The number of ether oxygens (including phenoxy) is 2. The van der Waals surface area contributed by atoms with Gasteiger partial charge in [-0.05, 0) is 43.4 Å². The normalized spacial score (nSPS) is 21.1. The van der Waals surface area contributed by atoms with Crippen molar-refractivity contribution in [1.29, 1.82) is 0 Å². The number of hydrogen-bond donors (Lipinski definition) is 0. The predicted molar refractivity (Wildman–Crippen MR) is 94.6 cm³/mol. The first-order valence-corrected chi connectivity index (χ1v) is 9.12. The highest BCUT2D eigenvalue weighted by Crippen LogP contribution is 2.42. The minimum absolute atomic E-state index is 0.0314. The largest absolute Gasteiger partial charge is 0.469 e. The number of carbonyl (C=O) groups excluding carboxylic acids is 1. The van der Waals surface area contributed by atoms with Gasteiger partial charge in [-0.15, -0.1) is 0 Å². The number of aromatic nitrogens is 1. The minimum atomic E-state index is -0.190. The number of hydrogen-bond acceptors (Lipinski definition) is 5. The molecule has 2 aromatic rings. The van der Waals surface area contributed by atoms with Gasteiger partial charge in [-0.3, -0.25) is 9.78 Å². The Bertz CT molecular complexity index is 752. The summed E-state index contributed by atoms with van der Waals surface area (Å²) in [6, 6.07) is 5.67. The molecular weight excluding hydrogens is 332 g/mol. The van der Waals surface area contributed by atoms with Crippen molar-refractivity contribution in [3.63, 3.8) is 0 Å². The highest BCUT2D eigenvalue weighted by atomic mass is 16.5. The van der Waals surface area contributed by atoms with Crippen LogP contribution in [0.1, 0.15) is 34.5 Å². The molecule has 2 fully saturated rings. The molecule has 2 aromatic heterocycles. The van der Waals surface area contributed by atoms with Gasteiger partial charge in [0.1, 0.15) is 11.4 Å². The summed E-state index contributed by atoms with van der Waals surface area (Å²) in [5.41, 5.74) is 1.54. The second-order valence-electron chi connectivity index (χ2n) is 7.15. The van der Waals surface area contributed by atoms with E-state index in [4.69, 9.17) is 13.9 Å². The summed E-state index contributed by atoms with van der Waals surface area (Å²) in [4.78, 5) is 18.5. The highest BCUT2D eigenvalue weighted by Gasteiger charge is 2.54. The number of pyridine rings is 1. The molecule has 1 amide bonds. The topological polar surface area (TPSA) is 64.8 Å². The number of furan rings is 1. The first-order chi connectivity index (χ1) is 12.7. The fourth-order valence-electron chi connectivity index (χ4n) is 3.96. The van der Waals surface area contributed by atoms with Crippen molar-refractivity contribution in [2.45, 2.75) is 32.0 Å². The van der Waals surface area contributed by atoms with Crippen LogP contribution in [0.4, 0.5) is 0 Å². The van der Waals surface area contributed by atoms with Crippen molar-refractivity contribution < 1.29 is 18.7 Å². The van der Waals surface area contributed by atoms with Gasteiger partial charge >= 0.3 is 0 Å². The molecule has 2 aliphatic heterocycles. The molecule has 0 radical (unpaired) electrons. The van der Waals surface area contributed by atoms with E-state index in [1.165, 1.54) is 0 Å². The third kappa shape index (κ3) is 3.27. The van der Waals surface area contributed by atoms with Gasteiger partial charge in [-0.25, -0.2) is 0 Å². The summed E-state index contributed by atoms with van der Waals surface area (Å²) in [6.45, 7) is 5.17. The maximum Gasteiger partial charge on any atom is 0.257 e. The lowest BCUT2D eigenvalue weighted by molar-refractivity contribution is -0.120.